The molecular weight excluding hydrogens is 264 g/mol. The minimum atomic E-state index is -0.243. The predicted molar refractivity (Wildman–Crippen MR) is 82.9 cm³/mol. The lowest BCUT2D eigenvalue weighted by molar-refractivity contribution is -0.169. The van der Waals surface area contributed by atoms with Crippen LogP contribution in [0.2, 0.25) is 0 Å². The summed E-state index contributed by atoms with van der Waals surface area (Å²) in [6.07, 6.45) is 6.86. The van der Waals surface area contributed by atoms with E-state index in [1.807, 2.05) is 6.92 Å². The van der Waals surface area contributed by atoms with Gasteiger partial charge in [-0.25, -0.2) is 0 Å². The molecule has 3 aliphatic rings. The summed E-state index contributed by atoms with van der Waals surface area (Å²) < 4.78 is 5.85. The highest BCUT2D eigenvalue weighted by atomic mass is 16.5. The van der Waals surface area contributed by atoms with Gasteiger partial charge in [0.05, 0.1) is 17.8 Å². The number of rotatable bonds is 4. The lowest BCUT2D eigenvalue weighted by Gasteiger charge is -2.56. The molecular formula is C17H30N2O2. The first kappa shape index (κ1) is 15.3. The number of ether oxygens (including phenoxy) is 1. The van der Waals surface area contributed by atoms with Crippen LogP contribution >= 0.6 is 0 Å². The molecule has 120 valence electrons. The van der Waals surface area contributed by atoms with Crippen molar-refractivity contribution < 1.29 is 9.53 Å². The van der Waals surface area contributed by atoms with Crippen molar-refractivity contribution in [2.24, 2.45) is 5.41 Å². The molecule has 3 atom stereocenters. The van der Waals surface area contributed by atoms with Gasteiger partial charge < -0.3 is 9.64 Å². The average molecular weight is 294 g/mol. The molecule has 1 saturated heterocycles. The van der Waals surface area contributed by atoms with Gasteiger partial charge in [0, 0.05) is 18.1 Å². The number of nitrogens with one attached hydrogen (secondary N) is 1. The molecule has 4 nitrogen and oxygen atoms in total. The van der Waals surface area contributed by atoms with Crippen molar-refractivity contribution >= 4 is 5.91 Å². The van der Waals surface area contributed by atoms with Gasteiger partial charge >= 0.3 is 0 Å². The first-order valence-electron chi connectivity index (χ1n) is 8.68. The van der Waals surface area contributed by atoms with Crippen LogP contribution in [0.15, 0.2) is 0 Å². The quantitative estimate of drug-likeness (QED) is 0.867. The summed E-state index contributed by atoms with van der Waals surface area (Å²) in [6.45, 7) is 9.49. The Hall–Kier alpha value is -0.610. The first-order valence-corrected chi connectivity index (χ1v) is 8.68. The zero-order valence-electron chi connectivity index (χ0n) is 13.9. The van der Waals surface area contributed by atoms with Crippen molar-refractivity contribution in [3.63, 3.8) is 0 Å². The second-order valence-corrected chi connectivity index (χ2v) is 7.59. The third kappa shape index (κ3) is 2.14. The van der Waals surface area contributed by atoms with E-state index in [0.29, 0.717) is 11.9 Å². The van der Waals surface area contributed by atoms with E-state index in [0.717, 1.165) is 32.3 Å². The zero-order valence-corrected chi connectivity index (χ0v) is 13.9. The predicted octanol–water partition coefficient (Wildman–Crippen LogP) is 2.67. The normalized spacial score (nSPS) is 37.2. The Morgan fingerprint density at radius 1 is 1.29 bits per heavy atom. The van der Waals surface area contributed by atoms with E-state index >= 15 is 0 Å². The molecule has 1 aliphatic heterocycles. The molecule has 3 rings (SSSR count). The third-order valence-electron chi connectivity index (χ3n) is 6.10. The second-order valence-electron chi connectivity index (χ2n) is 7.59. The molecule has 0 aromatic carbocycles. The van der Waals surface area contributed by atoms with Crippen molar-refractivity contribution in [3.05, 3.63) is 0 Å². The van der Waals surface area contributed by atoms with Crippen LogP contribution in [0.1, 0.15) is 66.2 Å². The van der Waals surface area contributed by atoms with Crippen LogP contribution in [-0.4, -0.2) is 41.3 Å². The molecule has 3 fully saturated rings. The molecule has 4 heteroatoms. The van der Waals surface area contributed by atoms with Crippen molar-refractivity contribution in [1.82, 2.24) is 10.2 Å². The molecule has 1 spiro atoms. The summed E-state index contributed by atoms with van der Waals surface area (Å²) in [7, 11) is 0. The fraction of sp³-hybridized carbons (Fsp3) is 0.941. The SMILES string of the molecule is CCOC1CC(N2C(=O)C3(CCCC3)NC2CC)C1(C)C. The average Bonchev–Trinajstić information content (AvgIpc) is 3.03. The van der Waals surface area contributed by atoms with Gasteiger partial charge in [0.1, 0.15) is 0 Å². The molecule has 3 unspecified atom stereocenters. The van der Waals surface area contributed by atoms with Gasteiger partial charge in [-0.15, -0.1) is 0 Å². The Kier molecular flexibility index (Phi) is 3.81. The smallest absolute Gasteiger partial charge is 0.244 e. The monoisotopic (exact) mass is 294 g/mol. The molecule has 1 heterocycles. The summed E-state index contributed by atoms with van der Waals surface area (Å²) in [5.74, 6) is 0.361. The van der Waals surface area contributed by atoms with E-state index < -0.39 is 0 Å². The molecule has 0 aromatic heterocycles. The van der Waals surface area contributed by atoms with E-state index in [1.54, 1.807) is 0 Å². The zero-order chi connectivity index (χ0) is 15.3. The van der Waals surface area contributed by atoms with E-state index in [1.165, 1.54) is 12.8 Å². The van der Waals surface area contributed by atoms with E-state index in [2.05, 4.69) is 31.0 Å². The van der Waals surface area contributed by atoms with Gasteiger partial charge in [0.15, 0.2) is 0 Å². The molecule has 0 aromatic rings. The maximum absolute atomic E-state index is 13.1. The molecule has 2 saturated carbocycles. The van der Waals surface area contributed by atoms with Crippen molar-refractivity contribution in [2.45, 2.75) is 90.1 Å². The van der Waals surface area contributed by atoms with Crippen LogP contribution in [0.4, 0.5) is 0 Å². The first-order chi connectivity index (χ1) is 9.96. The summed E-state index contributed by atoms with van der Waals surface area (Å²) in [4.78, 5) is 15.3. The van der Waals surface area contributed by atoms with Crippen LogP contribution in [0.25, 0.3) is 0 Å². The fourth-order valence-electron chi connectivity index (χ4n) is 4.65. The van der Waals surface area contributed by atoms with E-state index in [-0.39, 0.29) is 23.2 Å². The Bertz CT molecular complexity index is 415. The Morgan fingerprint density at radius 3 is 2.48 bits per heavy atom. The minimum absolute atomic E-state index is 0.0604. The minimum Gasteiger partial charge on any atom is -0.378 e. The second kappa shape index (κ2) is 5.24. The van der Waals surface area contributed by atoms with Crippen molar-refractivity contribution in [1.29, 1.82) is 0 Å². The Morgan fingerprint density at radius 2 is 1.95 bits per heavy atom. The highest BCUT2D eigenvalue weighted by Gasteiger charge is 2.60. The van der Waals surface area contributed by atoms with Gasteiger partial charge in [-0.05, 0) is 32.6 Å². The lowest BCUT2D eigenvalue weighted by atomic mass is 9.63. The largest absolute Gasteiger partial charge is 0.378 e. The van der Waals surface area contributed by atoms with Crippen LogP contribution in [-0.2, 0) is 9.53 Å². The number of hydrogen-bond donors (Lipinski definition) is 1. The summed E-state index contributed by atoms with van der Waals surface area (Å²) in [5, 5.41) is 3.69. The van der Waals surface area contributed by atoms with E-state index in [4.69, 9.17) is 4.74 Å². The number of carbonyl (C=O) groups is 1. The van der Waals surface area contributed by atoms with E-state index in [9.17, 15) is 4.79 Å². The third-order valence-corrected chi connectivity index (χ3v) is 6.10. The Balaban J connectivity index is 1.80. The standard InChI is InChI=1S/C17H30N2O2/c1-5-14-18-17(9-7-8-10-17)15(20)19(14)12-11-13(21-6-2)16(12,3)4/h12-14,18H,5-11H2,1-4H3. The van der Waals surface area contributed by atoms with Crippen LogP contribution in [0.3, 0.4) is 0 Å². The van der Waals surface area contributed by atoms with Gasteiger partial charge in [-0.2, -0.15) is 0 Å². The highest BCUT2D eigenvalue weighted by Crippen LogP contribution is 2.49. The van der Waals surface area contributed by atoms with Crippen LogP contribution in [0.5, 0.6) is 0 Å². The molecule has 1 N–H and O–H groups in total. The maximum atomic E-state index is 13.1. The molecule has 0 bridgehead atoms. The summed E-state index contributed by atoms with van der Waals surface area (Å²) >= 11 is 0. The maximum Gasteiger partial charge on any atom is 0.244 e. The summed E-state index contributed by atoms with van der Waals surface area (Å²) in [6, 6.07) is 0.318. The summed E-state index contributed by atoms with van der Waals surface area (Å²) in [5.41, 5.74) is -0.182. The molecule has 0 radical (unpaired) electrons. The number of nitrogens with zero attached hydrogens (tertiary/aromatic N) is 1. The highest BCUT2D eigenvalue weighted by molar-refractivity contribution is 5.89. The number of hydrogen-bond acceptors (Lipinski definition) is 3. The number of carbonyl (C=O) groups excluding carboxylic acids is 1. The van der Waals surface area contributed by atoms with Gasteiger partial charge in [0.25, 0.3) is 0 Å². The fourth-order valence-corrected chi connectivity index (χ4v) is 4.65. The van der Waals surface area contributed by atoms with Crippen LogP contribution in [0, 0.1) is 5.41 Å². The molecule has 21 heavy (non-hydrogen) atoms. The molecule has 2 aliphatic carbocycles. The lowest BCUT2D eigenvalue weighted by Crippen LogP contribution is -2.64. The van der Waals surface area contributed by atoms with Crippen LogP contribution < -0.4 is 5.32 Å². The number of amides is 1. The van der Waals surface area contributed by atoms with Gasteiger partial charge in [0.2, 0.25) is 5.91 Å². The van der Waals surface area contributed by atoms with Gasteiger partial charge in [-0.3, -0.25) is 10.1 Å². The van der Waals surface area contributed by atoms with Gasteiger partial charge in [-0.1, -0.05) is 33.6 Å². The van der Waals surface area contributed by atoms with Crippen molar-refractivity contribution in [2.75, 3.05) is 6.61 Å². The van der Waals surface area contributed by atoms with Crippen molar-refractivity contribution in [3.8, 4) is 0 Å². The topological polar surface area (TPSA) is 41.6 Å². The molecule has 1 amide bonds. The Labute approximate surface area is 128 Å².